The molecule has 1 atom stereocenters. The average molecular weight is 441 g/mol. The number of hydrogen-bond acceptors (Lipinski definition) is 4. The molecule has 7 nitrogen and oxygen atoms in total. The van der Waals surface area contributed by atoms with E-state index >= 15 is 0 Å². The number of nitrogens with one attached hydrogen (secondary N) is 3. The SMILES string of the molecule is CCCCNC(=O)c1ccc(CN=C(NCC)NC2CCN(c3ncccc3F)C2)cc1. The van der Waals surface area contributed by atoms with Crippen molar-refractivity contribution in [2.24, 2.45) is 4.99 Å². The molecule has 1 fully saturated rings. The van der Waals surface area contributed by atoms with Crippen molar-refractivity contribution in [3.05, 3.63) is 59.5 Å². The molecule has 0 bridgehead atoms. The Bertz CT molecular complexity index is 902. The van der Waals surface area contributed by atoms with Crippen LogP contribution in [0.15, 0.2) is 47.6 Å². The molecule has 0 radical (unpaired) electrons. The Balaban J connectivity index is 1.55. The van der Waals surface area contributed by atoms with Crippen molar-refractivity contribution in [2.45, 2.75) is 45.7 Å². The monoisotopic (exact) mass is 440 g/mol. The number of halogens is 1. The van der Waals surface area contributed by atoms with Gasteiger partial charge >= 0.3 is 0 Å². The molecule has 0 aliphatic carbocycles. The fourth-order valence-corrected chi connectivity index (χ4v) is 3.61. The molecule has 1 aliphatic heterocycles. The first-order valence-electron chi connectivity index (χ1n) is 11.4. The first-order valence-corrected chi connectivity index (χ1v) is 11.4. The third kappa shape index (κ3) is 6.67. The lowest BCUT2D eigenvalue weighted by Gasteiger charge is -2.20. The zero-order chi connectivity index (χ0) is 22.8. The first kappa shape index (κ1) is 23.5. The van der Waals surface area contributed by atoms with Gasteiger partial charge in [0.2, 0.25) is 0 Å². The van der Waals surface area contributed by atoms with E-state index in [-0.39, 0.29) is 17.8 Å². The minimum atomic E-state index is -0.295. The summed E-state index contributed by atoms with van der Waals surface area (Å²) >= 11 is 0. The van der Waals surface area contributed by atoms with Gasteiger partial charge in [0.25, 0.3) is 5.91 Å². The third-order valence-electron chi connectivity index (χ3n) is 5.36. The molecule has 1 aromatic carbocycles. The molecule has 3 rings (SSSR count). The number of aromatic nitrogens is 1. The van der Waals surface area contributed by atoms with Crippen LogP contribution in [0.3, 0.4) is 0 Å². The standard InChI is InChI=1S/C24H33FN6O/c1-3-5-13-28-23(32)19-10-8-18(9-11-19)16-29-24(26-4-2)30-20-12-15-31(17-20)22-21(25)7-6-14-27-22/h6-11,14,20H,3-5,12-13,15-17H2,1-2H3,(H,28,32)(H2,26,29,30). The quantitative estimate of drug-likeness (QED) is 0.317. The lowest BCUT2D eigenvalue weighted by atomic mass is 10.1. The molecule has 1 aliphatic rings. The Morgan fingerprint density at radius 2 is 2.03 bits per heavy atom. The van der Waals surface area contributed by atoms with Gasteiger partial charge in [0.1, 0.15) is 0 Å². The molecule has 1 saturated heterocycles. The molecule has 2 aromatic rings. The van der Waals surface area contributed by atoms with Gasteiger partial charge in [-0.1, -0.05) is 25.5 Å². The fourth-order valence-electron chi connectivity index (χ4n) is 3.61. The van der Waals surface area contributed by atoms with Gasteiger partial charge in [-0.3, -0.25) is 4.79 Å². The van der Waals surface area contributed by atoms with Crippen LogP contribution in [-0.2, 0) is 6.54 Å². The molecule has 1 aromatic heterocycles. The Kier molecular flexibility index (Phi) is 8.83. The predicted octanol–water partition coefficient (Wildman–Crippen LogP) is 3.08. The normalized spacial score (nSPS) is 16.2. The van der Waals surface area contributed by atoms with Crippen molar-refractivity contribution in [3.8, 4) is 0 Å². The number of anilines is 1. The Morgan fingerprint density at radius 3 is 2.75 bits per heavy atom. The Morgan fingerprint density at radius 1 is 1.22 bits per heavy atom. The Labute approximate surface area is 189 Å². The molecular weight excluding hydrogens is 407 g/mol. The predicted molar refractivity (Wildman–Crippen MR) is 126 cm³/mol. The van der Waals surface area contributed by atoms with E-state index in [4.69, 9.17) is 0 Å². The topological polar surface area (TPSA) is 81.6 Å². The van der Waals surface area contributed by atoms with Crippen LogP contribution < -0.4 is 20.9 Å². The van der Waals surface area contributed by atoms with Gasteiger partial charge in [-0.25, -0.2) is 14.4 Å². The molecule has 0 spiro atoms. The van der Waals surface area contributed by atoms with Gasteiger partial charge in [0.15, 0.2) is 17.6 Å². The number of guanidine groups is 1. The molecule has 8 heteroatoms. The molecule has 2 heterocycles. The highest BCUT2D eigenvalue weighted by atomic mass is 19.1. The third-order valence-corrected chi connectivity index (χ3v) is 5.36. The van der Waals surface area contributed by atoms with Gasteiger partial charge in [-0.05, 0) is 49.6 Å². The number of carbonyl (C=O) groups is 1. The summed E-state index contributed by atoms with van der Waals surface area (Å²) in [7, 11) is 0. The van der Waals surface area contributed by atoms with Gasteiger partial charge in [-0.2, -0.15) is 0 Å². The van der Waals surface area contributed by atoms with Crippen molar-refractivity contribution >= 4 is 17.7 Å². The molecule has 1 amide bonds. The van der Waals surface area contributed by atoms with Crippen LogP contribution >= 0.6 is 0 Å². The summed E-state index contributed by atoms with van der Waals surface area (Å²) in [6, 6.07) is 10.7. The highest BCUT2D eigenvalue weighted by Gasteiger charge is 2.25. The number of nitrogens with zero attached hydrogens (tertiary/aromatic N) is 3. The minimum Gasteiger partial charge on any atom is -0.357 e. The second-order valence-electron chi connectivity index (χ2n) is 7.89. The van der Waals surface area contributed by atoms with Crippen LogP contribution in [0, 0.1) is 5.82 Å². The number of amides is 1. The second kappa shape index (κ2) is 12.0. The summed E-state index contributed by atoms with van der Waals surface area (Å²) < 4.78 is 14.0. The van der Waals surface area contributed by atoms with Gasteiger partial charge in [-0.15, -0.1) is 0 Å². The number of carbonyl (C=O) groups excluding carboxylic acids is 1. The highest BCUT2D eigenvalue weighted by molar-refractivity contribution is 5.94. The molecule has 32 heavy (non-hydrogen) atoms. The molecule has 1 unspecified atom stereocenters. The second-order valence-corrected chi connectivity index (χ2v) is 7.89. The zero-order valence-electron chi connectivity index (χ0n) is 18.9. The number of unbranched alkanes of at least 4 members (excludes halogenated alkanes) is 1. The van der Waals surface area contributed by atoms with Gasteiger partial charge < -0.3 is 20.9 Å². The van der Waals surface area contributed by atoms with Crippen molar-refractivity contribution in [3.63, 3.8) is 0 Å². The molecule has 0 saturated carbocycles. The molecular formula is C24H33FN6O. The molecule has 3 N–H and O–H groups in total. The first-order chi connectivity index (χ1) is 15.6. The maximum Gasteiger partial charge on any atom is 0.251 e. The van der Waals surface area contributed by atoms with Crippen molar-refractivity contribution in [1.82, 2.24) is 20.9 Å². The van der Waals surface area contributed by atoms with Gasteiger partial charge in [0.05, 0.1) is 6.54 Å². The number of aliphatic imine (C=N–C) groups is 1. The van der Waals surface area contributed by atoms with E-state index < -0.39 is 0 Å². The summed E-state index contributed by atoms with van der Waals surface area (Å²) in [5.41, 5.74) is 1.68. The van der Waals surface area contributed by atoms with Crippen LogP contribution in [0.5, 0.6) is 0 Å². The number of benzene rings is 1. The van der Waals surface area contributed by atoms with Crippen molar-refractivity contribution < 1.29 is 9.18 Å². The minimum absolute atomic E-state index is 0.0429. The number of pyridine rings is 1. The van der Waals surface area contributed by atoms with Crippen LogP contribution in [0.25, 0.3) is 0 Å². The Hall–Kier alpha value is -3.16. The van der Waals surface area contributed by atoms with E-state index in [1.165, 1.54) is 6.07 Å². The van der Waals surface area contributed by atoms with Crippen molar-refractivity contribution in [2.75, 3.05) is 31.1 Å². The maximum absolute atomic E-state index is 14.0. The van der Waals surface area contributed by atoms with Crippen LogP contribution in [0.4, 0.5) is 10.2 Å². The van der Waals surface area contributed by atoms with Crippen LogP contribution in [-0.4, -0.2) is 49.1 Å². The lowest BCUT2D eigenvalue weighted by Crippen LogP contribution is -2.44. The number of rotatable bonds is 9. The summed E-state index contributed by atoms with van der Waals surface area (Å²) in [6.07, 6.45) is 4.53. The lowest BCUT2D eigenvalue weighted by molar-refractivity contribution is 0.0953. The smallest absolute Gasteiger partial charge is 0.251 e. The summed E-state index contributed by atoms with van der Waals surface area (Å²) in [5.74, 6) is 0.787. The zero-order valence-corrected chi connectivity index (χ0v) is 18.9. The average Bonchev–Trinajstić information content (AvgIpc) is 3.26. The van der Waals surface area contributed by atoms with Crippen molar-refractivity contribution in [1.29, 1.82) is 0 Å². The summed E-state index contributed by atoms with van der Waals surface area (Å²) in [5, 5.41) is 9.65. The van der Waals surface area contributed by atoms with E-state index in [9.17, 15) is 9.18 Å². The van der Waals surface area contributed by atoms with Crippen LogP contribution in [0.1, 0.15) is 49.0 Å². The van der Waals surface area contributed by atoms with E-state index in [1.54, 1.807) is 12.3 Å². The van der Waals surface area contributed by atoms with E-state index in [0.717, 1.165) is 43.9 Å². The van der Waals surface area contributed by atoms with E-state index in [2.05, 4.69) is 32.9 Å². The number of hydrogen-bond donors (Lipinski definition) is 3. The van der Waals surface area contributed by atoms with Gasteiger partial charge in [0, 0.05) is 44.0 Å². The van der Waals surface area contributed by atoms with E-state index in [1.807, 2.05) is 36.1 Å². The van der Waals surface area contributed by atoms with E-state index in [0.29, 0.717) is 31.0 Å². The highest BCUT2D eigenvalue weighted by Crippen LogP contribution is 2.20. The summed E-state index contributed by atoms with van der Waals surface area (Å²) in [4.78, 5) is 23.0. The summed E-state index contributed by atoms with van der Waals surface area (Å²) in [6.45, 7) is 7.47. The van der Waals surface area contributed by atoms with Crippen LogP contribution in [0.2, 0.25) is 0 Å². The fraction of sp³-hybridized carbons (Fsp3) is 0.458. The largest absolute Gasteiger partial charge is 0.357 e. The molecule has 172 valence electrons. The maximum atomic E-state index is 14.0.